The number of rotatable bonds is 6. The molecule has 0 N–H and O–H groups in total. The number of benzene rings is 1. The van der Waals surface area contributed by atoms with Gasteiger partial charge in [0.2, 0.25) is 0 Å². The summed E-state index contributed by atoms with van der Waals surface area (Å²) in [5.74, 6) is 2.21. The number of ether oxygens (including phenoxy) is 1. The second-order valence-electron chi connectivity index (χ2n) is 6.42. The molecule has 2 aromatic rings. The third-order valence-electron chi connectivity index (χ3n) is 4.50. The number of hydrogen-bond acceptors (Lipinski definition) is 3. The molecule has 1 amide bonds. The minimum atomic E-state index is -0.467. The molecule has 0 saturated carbocycles. The van der Waals surface area contributed by atoms with Crippen molar-refractivity contribution in [2.45, 2.75) is 45.8 Å². The molecule has 1 aromatic heterocycles. The third-order valence-corrected chi connectivity index (χ3v) is 4.50. The van der Waals surface area contributed by atoms with Crippen LogP contribution in [0.3, 0.4) is 0 Å². The van der Waals surface area contributed by atoms with Gasteiger partial charge in [0.15, 0.2) is 6.10 Å². The van der Waals surface area contributed by atoms with E-state index in [0.29, 0.717) is 5.92 Å². The van der Waals surface area contributed by atoms with Gasteiger partial charge in [-0.15, -0.1) is 0 Å². The van der Waals surface area contributed by atoms with Gasteiger partial charge in [-0.3, -0.25) is 4.79 Å². The Hall–Kier alpha value is -2.30. The Labute approximate surface area is 143 Å². The molecule has 1 saturated heterocycles. The summed E-state index contributed by atoms with van der Waals surface area (Å²) < 4.78 is 8.00. The van der Waals surface area contributed by atoms with Gasteiger partial charge in [0.1, 0.15) is 11.6 Å². The van der Waals surface area contributed by atoms with Gasteiger partial charge < -0.3 is 14.2 Å². The number of carbonyl (C=O) groups is 1. The molecule has 0 bridgehead atoms. The second kappa shape index (κ2) is 7.07. The first-order valence-corrected chi connectivity index (χ1v) is 8.62. The van der Waals surface area contributed by atoms with Crippen LogP contribution >= 0.6 is 0 Å². The topological polar surface area (TPSA) is 47.4 Å². The highest BCUT2D eigenvalue weighted by atomic mass is 16.5. The fraction of sp³-hybridized carbons (Fsp3) is 0.474. The van der Waals surface area contributed by atoms with Crippen LogP contribution in [0.15, 0.2) is 36.5 Å². The maximum absolute atomic E-state index is 12.5. The van der Waals surface area contributed by atoms with Gasteiger partial charge in [-0.25, -0.2) is 4.98 Å². The van der Waals surface area contributed by atoms with Crippen molar-refractivity contribution in [1.82, 2.24) is 14.5 Å². The lowest BCUT2D eigenvalue weighted by Gasteiger charge is -2.40. The fourth-order valence-electron chi connectivity index (χ4n) is 3.15. The average molecular weight is 327 g/mol. The molecule has 1 atom stereocenters. The van der Waals surface area contributed by atoms with Crippen LogP contribution in [0.25, 0.3) is 0 Å². The van der Waals surface area contributed by atoms with E-state index in [1.165, 1.54) is 5.69 Å². The molecule has 128 valence electrons. The van der Waals surface area contributed by atoms with Crippen LogP contribution in [0.1, 0.15) is 37.7 Å². The molecule has 24 heavy (non-hydrogen) atoms. The maximum Gasteiger partial charge on any atom is 0.263 e. The molecule has 1 aromatic carbocycles. The summed E-state index contributed by atoms with van der Waals surface area (Å²) in [6.07, 6.45) is 2.54. The van der Waals surface area contributed by atoms with Gasteiger partial charge in [-0.2, -0.15) is 0 Å². The molecule has 0 spiro atoms. The van der Waals surface area contributed by atoms with Crippen LogP contribution in [0.4, 0.5) is 0 Å². The summed E-state index contributed by atoms with van der Waals surface area (Å²) in [4.78, 5) is 18.9. The van der Waals surface area contributed by atoms with Gasteiger partial charge in [0, 0.05) is 31.5 Å². The van der Waals surface area contributed by atoms with E-state index in [1.54, 1.807) is 0 Å². The standard InChI is InChI=1S/C19H25N3O2/c1-4-10-22-14(2)11-20-18(22)16-12-21(13-16)19(23)15(3)24-17-8-6-5-7-9-17/h5-9,11,15-16H,4,10,12-13H2,1-3H3. The lowest BCUT2D eigenvalue weighted by Crippen LogP contribution is -2.53. The Morgan fingerprint density at radius 3 is 2.71 bits per heavy atom. The lowest BCUT2D eigenvalue weighted by atomic mass is 9.98. The predicted molar refractivity (Wildman–Crippen MR) is 93.1 cm³/mol. The maximum atomic E-state index is 12.5. The van der Waals surface area contributed by atoms with Crippen molar-refractivity contribution in [2.24, 2.45) is 0 Å². The van der Waals surface area contributed by atoms with E-state index in [-0.39, 0.29) is 5.91 Å². The first-order chi connectivity index (χ1) is 11.6. The zero-order chi connectivity index (χ0) is 17.1. The first kappa shape index (κ1) is 16.6. The SMILES string of the molecule is CCCn1c(C)cnc1C1CN(C(=O)C(C)Oc2ccccc2)C1. The molecule has 5 heteroatoms. The van der Waals surface area contributed by atoms with Crippen molar-refractivity contribution in [2.75, 3.05) is 13.1 Å². The molecule has 1 unspecified atom stereocenters. The smallest absolute Gasteiger partial charge is 0.263 e. The zero-order valence-corrected chi connectivity index (χ0v) is 14.6. The molecule has 3 rings (SSSR count). The van der Waals surface area contributed by atoms with E-state index < -0.39 is 6.10 Å². The van der Waals surface area contributed by atoms with Crippen molar-refractivity contribution in [3.8, 4) is 5.75 Å². The van der Waals surface area contributed by atoms with E-state index in [0.717, 1.165) is 37.6 Å². The van der Waals surface area contributed by atoms with Crippen LogP contribution in [-0.4, -0.2) is 39.6 Å². The summed E-state index contributed by atoms with van der Waals surface area (Å²) in [7, 11) is 0. The van der Waals surface area contributed by atoms with E-state index in [4.69, 9.17) is 4.74 Å². The monoisotopic (exact) mass is 327 g/mol. The van der Waals surface area contributed by atoms with E-state index in [2.05, 4.69) is 23.4 Å². The molecule has 1 aliphatic rings. The number of aromatic nitrogens is 2. The third kappa shape index (κ3) is 3.30. The number of imidazole rings is 1. The molecular formula is C19H25N3O2. The largest absolute Gasteiger partial charge is 0.481 e. The number of carbonyl (C=O) groups excluding carboxylic acids is 1. The normalized spacial score (nSPS) is 15.9. The lowest BCUT2D eigenvalue weighted by molar-refractivity contribution is -0.142. The van der Waals surface area contributed by atoms with Crippen LogP contribution in [0, 0.1) is 6.92 Å². The predicted octanol–water partition coefficient (Wildman–Crippen LogP) is 2.99. The Morgan fingerprint density at radius 1 is 1.33 bits per heavy atom. The van der Waals surface area contributed by atoms with Crippen LogP contribution < -0.4 is 4.74 Å². The van der Waals surface area contributed by atoms with Crippen molar-refractivity contribution >= 4 is 5.91 Å². The highest BCUT2D eigenvalue weighted by molar-refractivity contribution is 5.81. The molecule has 1 aliphatic heterocycles. The number of likely N-dealkylation sites (tertiary alicyclic amines) is 1. The quantitative estimate of drug-likeness (QED) is 0.819. The van der Waals surface area contributed by atoms with Gasteiger partial charge in [-0.05, 0) is 32.4 Å². The summed E-state index contributed by atoms with van der Waals surface area (Å²) in [5.41, 5.74) is 1.19. The minimum Gasteiger partial charge on any atom is -0.481 e. The summed E-state index contributed by atoms with van der Waals surface area (Å²) in [6.45, 7) is 8.50. The van der Waals surface area contributed by atoms with Gasteiger partial charge in [0.25, 0.3) is 5.91 Å². The average Bonchev–Trinajstić information content (AvgIpc) is 2.88. The van der Waals surface area contributed by atoms with Crippen LogP contribution in [0.5, 0.6) is 5.75 Å². The van der Waals surface area contributed by atoms with Crippen molar-refractivity contribution < 1.29 is 9.53 Å². The number of aryl methyl sites for hydroxylation is 1. The van der Waals surface area contributed by atoms with Gasteiger partial charge in [0.05, 0.1) is 5.92 Å². The van der Waals surface area contributed by atoms with Gasteiger partial charge >= 0.3 is 0 Å². The van der Waals surface area contributed by atoms with Crippen molar-refractivity contribution in [3.63, 3.8) is 0 Å². The van der Waals surface area contributed by atoms with Crippen molar-refractivity contribution in [1.29, 1.82) is 0 Å². The highest BCUT2D eigenvalue weighted by Crippen LogP contribution is 2.28. The minimum absolute atomic E-state index is 0.0421. The van der Waals surface area contributed by atoms with Gasteiger partial charge in [-0.1, -0.05) is 25.1 Å². The summed E-state index contributed by atoms with van der Waals surface area (Å²) in [6, 6.07) is 9.48. The van der Waals surface area contributed by atoms with Crippen LogP contribution in [-0.2, 0) is 11.3 Å². The van der Waals surface area contributed by atoms with E-state index in [9.17, 15) is 4.79 Å². The molecule has 0 aliphatic carbocycles. The molecule has 2 heterocycles. The Morgan fingerprint density at radius 2 is 2.04 bits per heavy atom. The Balaban J connectivity index is 1.57. The van der Waals surface area contributed by atoms with Crippen molar-refractivity contribution in [3.05, 3.63) is 48.0 Å². The molecule has 1 fully saturated rings. The highest BCUT2D eigenvalue weighted by Gasteiger charge is 2.37. The molecule has 5 nitrogen and oxygen atoms in total. The Bertz CT molecular complexity index is 690. The van der Waals surface area contributed by atoms with Crippen LogP contribution in [0.2, 0.25) is 0 Å². The Kier molecular flexibility index (Phi) is 4.88. The van der Waals surface area contributed by atoms with E-state index in [1.807, 2.05) is 48.4 Å². The number of para-hydroxylation sites is 1. The molecular weight excluding hydrogens is 302 g/mol. The number of amides is 1. The fourth-order valence-corrected chi connectivity index (χ4v) is 3.15. The number of hydrogen-bond donors (Lipinski definition) is 0. The zero-order valence-electron chi connectivity index (χ0n) is 14.6. The first-order valence-electron chi connectivity index (χ1n) is 8.62. The summed E-state index contributed by atoms with van der Waals surface area (Å²) in [5, 5.41) is 0. The molecule has 0 radical (unpaired) electrons. The second-order valence-corrected chi connectivity index (χ2v) is 6.42. The summed E-state index contributed by atoms with van der Waals surface area (Å²) >= 11 is 0. The number of nitrogens with zero attached hydrogens (tertiary/aromatic N) is 3. The van der Waals surface area contributed by atoms with E-state index >= 15 is 0 Å².